The van der Waals surface area contributed by atoms with Gasteiger partial charge < -0.3 is 20.6 Å². The lowest BCUT2D eigenvalue weighted by Crippen LogP contribution is -2.54. The zero-order chi connectivity index (χ0) is 25.7. The van der Waals surface area contributed by atoms with Crippen LogP contribution >= 0.6 is 0 Å². The van der Waals surface area contributed by atoms with Gasteiger partial charge in [-0.3, -0.25) is 4.79 Å². The van der Waals surface area contributed by atoms with Gasteiger partial charge in [0.2, 0.25) is 5.91 Å². The Hall–Kier alpha value is -2.93. The number of hydrogen-bond acceptors (Lipinski definition) is 5. The average molecular weight is 505 g/mol. The fourth-order valence-corrected chi connectivity index (χ4v) is 5.83. The molecule has 2 aliphatic carbocycles. The van der Waals surface area contributed by atoms with E-state index in [4.69, 9.17) is 4.98 Å². The summed E-state index contributed by atoms with van der Waals surface area (Å²) in [4.78, 5) is 32.6. The van der Waals surface area contributed by atoms with Crippen LogP contribution in [0, 0.1) is 0 Å². The number of anilines is 1. The summed E-state index contributed by atoms with van der Waals surface area (Å²) in [6, 6.07) is 13.9. The van der Waals surface area contributed by atoms with E-state index in [0.717, 1.165) is 75.1 Å². The van der Waals surface area contributed by atoms with E-state index in [1.54, 1.807) is 0 Å². The van der Waals surface area contributed by atoms with Gasteiger partial charge in [0.1, 0.15) is 11.9 Å². The molecule has 7 nitrogen and oxygen atoms in total. The lowest BCUT2D eigenvalue weighted by Gasteiger charge is -2.41. The van der Waals surface area contributed by atoms with Crippen LogP contribution < -0.4 is 10.6 Å². The Morgan fingerprint density at radius 2 is 1.89 bits per heavy atom. The number of unbranched alkanes of at least 4 members (excludes halogenated alkanes) is 1. The number of rotatable bonds is 13. The van der Waals surface area contributed by atoms with Crippen LogP contribution in [-0.2, 0) is 27.8 Å². The molecule has 1 aromatic carbocycles. The van der Waals surface area contributed by atoms with Gasteiger partial charge in [0.25, 0.3) is 0 Å². The zero-order valence-corrected chi connectivity index (χ0v) is 21.8. The predicted molar refractivity (Wildman–Crippen MR) is 145 cm³/mol. The van der Waals surface area contributed by atoms with Gasteiger partial charge in [0, 0.05) is 24.8 Å². The second-order valence-corrected chi connectivity index (χ2v) is 11.0. The number of fused-ring (bicyclic) bond motifs is 1. The number of nitrogens with zero attached hydrogens (tertiary/aromatic N) is 2. The van der Waals surface area contributed by atoms with Crippen molar-refractivity contribution in [2.75, 3.05) is 25.0 Å². The number of aliphatic carboxylic acids is 1. The van der Waals surface area contributed by atoms with Crippen molar-refractivity contribution in [1.29, 1.82) is 0 Å². The molecule has 2 aromatic rings. The minimum absolute atomic E-state index is 0.137. The number of carbonyl (C=O) groups excluding carboxylic acids is 1. The molecule has 0 spiro atoms. The van der Waals surface area contributed by atoms with Gasteiger partial charge in [0.05, 0.1) is 5.41 Å². The van der Waals surface area contributed by atoms with E-state index >= 15 is 0 Å². The molecule has 0 radical (unpaired) electrons. The largest absolute Gasteiger partial charge is 0.480 e. The minimum atomic E-state index is -0.946. The first kappa shape index (κ1) is 25.7. The second kappa shape index (κ2) is 11.6. The van der Waals surface area contributed by atoms with Crippen LogP contribution in [0.5, 0.6) is 0 Å². The first-order valence-corrected chi connectivity index (χ1v) is 14.1. The molecule has 1 atom stereocenters. The Morgan fingerprint density at radius 1 is 1.08 bits per heavy atom. The molecule has 3 N–H and O–H groups in total. The Kier molecular flexibility index (Phi) is 8.08. The van der Waals surface area contributed by atoms with Gasteiger partial charge in [-0.1, -0.05) is 42.8 Å². The highest BCUT2D eigenvalue weighted by atomic mass is 16.4. The van der Waals surface area contributed by atoms with Crippen molar-refractivity contribution in [3.05, 3.63) is 59.3 Å². The zero-order valence-electron chi connectivity index (χ0n) is 21.8. The predicted octanol–water partition coefficient (Wildman–Crippen LogP) is 4.31. The van der Waals surface area contributed by atoms with Crippen molar-refractivity contribution >= 4 is 17.7 Å². The fourth-order valence-electron chi connectivity index (χ4n) is 5.83. The van der Waals surface area contributed by atoms with Gasteiger partial charge in [-0.05, 0) is 87.9 Å². The Bertz CT molecular complexity index is 1080. The summed E-state index contributed by atoms with van der Waals surface area (Å²) in [6.07, 6.45) is 10.7. The number of carboxylic acids is 1. The van der Waals surface area contributed by atoms with E-state index in [1.807, 2.05) is 30.3 Å². The molecule has 37 heavy (non-hydrogen) atoms. The number of benzene rings is 1. The topological polar surface area (TPSA) is 94.6 Å². The molecule has 7 heteroatoms. The molecule has 1 amide bonds. The molecule has 1 aliphatic heterocycles. The lowest BCUT2D eigenvalue weighted by molar-refractivity contribution is -0.144. The van der Waals surface area contributed by atoms with E-state index in [1.165, 1.54) is 24.8 Å². The van der Waals surface area contributed by atoms with Crippen LogP contribution in [-0.4, -0.2) is 58.6 Å². The van der Waals surface area contributed by atoms with E-state index in [9.17, 15) is 14.7 Å². The SMILES string of the molecule is O=C(O)[C@H](CCN(CCCCc1ccc2c(n1)NCCC2)C1CC1)NC(=O)C1(c2ccccc2)CCC1. The van der Waals surface area contributed by atoms with Crippen LogP contribution in [0.15, 0.2) is 42.5 Å². The number of aromatic nitrogens is 1. The van der Waals surface area contributed by atoms with Gasteiger partial charge in [-0.15, -0.1) is 0 Å². The standard InChI is InChI=1S/C30H40N4O3/c35-28(36)26(33-29(37)30(17-7-18-30)23-9-2-1-3-10-23)16-21-34(25-14-15-25)20-5-4-11-24-13-12-22-8-6-19-31-27(22)32-24/h1-3,9-10,12-13,25-26H,4-8,11,14-21H2,(H,31,32)(H,33,37)(H,35,36)/t26-/m0/s1. The normalized spacial score (nSPS) is 18.8. The summed E-state index contributed by atoms with van der Waals surface area (Å²) >= 11 is 0. The van der Waals surface area contributed by atoms with Crippen molar-refractivity contribution in [2.24, 2.45) is 0 Å². The third-order valence-electron chi connectivity index (χ3n) is 8.42. The second-order valence-electron chi connectivity index (χ2n) is 11.0. The third kappa shape index (κ3) is 6.15. The van der Waals surface area contributed by atoms with E-state index in [2.05, 4.69) is 27.7 Å². The van der Waals surface area contributed by atoms with Crippen LogP contribution in [0.2, 0.25) is 0 Å². The molecule has 0 unspecified atom stereocenters. The molecule has 2 heterocycles. The van der Waals surface area contributed by atoms with Crippen molar-refractivity contribution in [3.63, 3.8) is 0 Å². The number of amides is 1. The molecular weight excluding hydrogens is 464 g/mol. The number of carbonyl (C=O) groups is 2. The highest BCUT2D eigenvalue weighted by molar-refractivity contribution is 5.92. The number of nitrogens with one attached hydrogen (secondary N) is 2. The van der Waals surface area contributed by atoms with Gasteiger partial charge in [-0.25, -0.2) is 9.78 Å². The summed E-state index contributed by atoms with van der Waals surface area (Å²) in [5, 5.41) is 16.2. The van der Waals surface area contributed by atoms with E-state index in [0.29, 0.717) is 19.0 Å². The van der Waals surface area contributed by atoms with E-state index in [-0.39, 0.29) is 5.91 Å². The summed E-state index contributed by atoms with van der Waals surface area (Å²) < 4.78 is 0. The minimum Gasteiger partial charge on any atom is -0.480 e. The maximum Gasteiger partial charge on any atom is 0.326 e. The number of aryl methyl sites for hydroxylation is 2. The quantitative estimate of drug-likeness (QED) is 0.352. The van der Waals surface area contributed by atoms with Crippen molar-refractivity contribution in [3.8, 4) is 0 Å². The summed E-state index contributed by atoms with van der Waals surface area (Å²) in [6.45, 7) is 2.66. The van der Waals surface area contributed by atoms with E-state index < -0.39 is 17.4 Å². The Labute approximate surface area is 220 Å². The molecule has 2 saturated carbocycles. The summed E-state index contributed by atoms with van der Waals surface area (Å²) in [5.41, 5.74) is 2.88. The van der Waals surface area contributed by atoms with Crippen LogP contribution in [0.25, 0.3) is 0 Å². The molecule has 0 bridgehead atoms. The van der Waals surface area contributed by atoms with Gasteiger partial charge in [-0.2, -0.15) is 0 Å². The van der Waals surface area contributed by atoms with Gasteiger partial charge >= 0.3 is 5.97 Å². The monoisotopic (exact) mass is 504 g/mol. The van der Waals surface area contributed by atoms with Crippen molar-refractivity contribution in [1.82, 2.24) is 15.2 Å². The van der Waals surface area contributed by atoms with Crippen LogP contribution in [0.1, 0.15) is 74.6 Å². The number of carboxylic acid groups (broad SMARTS) is 1. The number of pyridine rings is 1. The smallest absolute Gasteiger partial charge is 0.326 e. The van der Waals surface area contributed by atoms with Crippen LogP contribution in [0.4, 0.5) is 5.82 Å². The number of hydrogen-bond donors (Lipinski definition) is 3. The van der Waals surface area contributed by atoms with Gasteiger partial charge in [0.15, 0.2) is 0 Å². The fraction of sp³-hybridized carbons (Fsp3) is 0.567. The van der Waals surface area contributed by atoms with Crippen molar-refractivity contribution < 1.29 is 14.7 Å². The van der Waals surface area contributed by atoms with Crippen molar-refractivity contribution in [2.45, 2.75) is 88.1 Å². The molecule has 5 rings (SSSR count). The Balaban J connectivity index is 1.11. The molecule has 198 valence electrons. The highest BCUT2D eigenvalue weighted by Crippen LogP contribution is 2.44. The summed E-state index contributed by atoms with van der Waals surface area (Å²) in [5.74, 6) is -0.0258. The average Bonchev–Trinajstić information content (AvgIpc) is 3.73. The third-order valence-corrected chi connectivity index (χ3v) is 8.42. The maximum absolute atomic E-state index is 13.3. The molecule has 1 aromatic heterocycles. The first-order valence-electron chi connectivity index (χ1n) is 14.1. The molecule has 3 aliphatic rings. The molecular formula is C30H40N4O3. The maximum atomic E-state index is 13.3. The lowest BCUT2D eigenvalue weighted by atomic mass is 9.63. The Morgan fingerprint density at radius 3 is 2.59 bits per heavy atom. The highest BCUT2D eigenvalue weighted by Gasteiger charge is 2.46. The summed E-state index contributed by atoms with van der Waals surface area (Å²) in [7, 11) is 0. The van der Waals surface area contributed by atoms with Crippen LogP contribution in [0.3, 0.4) is 0 Å². The molecule has 0 saturated heterocycles. The first-order chi connectivity index (χ1) is 18.0. The molecule has 2 fully saturated rings.